The van der Waals surface area contributed by atoms with Gasteiger partial charge in [-0.1, -0.05) is 26.2 Å². The van der Waals surface area contributed by atoms with Gasteiger partial charge in [-0.05, 0) is 31.6 Å². The van der Waals surface area contributed by atoms with Gasteiger partial charge in [-0.3, -0.25) is 4.79 Å². The number of rotatable bonds is 5. The Balaban J connectivity index is 1.98. The molecule has 2 rings (SSSR count). The molecule has 0 atom stereocenters. The normalized spacial score (nSPS) is 24.8. The molecule has 0 aromatic heterocycles. The fourth-order valence-electron chi connectivity index (χ4n) is 3.24. The number of carboxylic acid groups (broad SMARTS) is 1. The average Bonchev–Trinajstić information content (AvgIpc) is 2.46. The molecule has 0 spiro atoms. The second-order valence-corrected chi connectivity index (χ2v) is 8.31. The largest absolute Gasteiger partial charge is 0.481 e. The van der Waals surface area contributed by atoms with Crippen LogP contribution in [0.4, 0.5) is 0 Å². The minimum atomic E-state index is -3.56. The zero-order valence-electron chi connectivity index (χ0n) is 12.7. The fourth-order valence-corrected chi connectivity index (χ4v) is 4.57. The van der Waals surface area contributed by atoms with Gasteiger partial charge in [0.1, 0.15) is 0 Å². The third-order valence-electron chi connectivity index (χ3n) is 4.94. The Morgan fingerprint density at radius 2 is 1.81 bits per heavy atom. The van der Waals surface area contributed by atoms with Gasteiger partial charge in [0.15, 0.2) is 0 Å². The lowest BCUT2D eigenvalue weighted by Gasteiger charge is -2.35. The first-order valence-corrected chi connectivity index (χ1v) is 9.28. The van der Waals surface area contributed by atoms with Crippen molar-refractivity contribution in [3.63, 3.8) is 0 Å². The Bertz CT molecular complexity index is 463. The molecule has 0 amide bonds. The predicted octanol–water partition coefficient (Wildman–Crippen LogP) is 1.59. The molecule has 1 heterocycles. The van der Waals surface area contributed by atoms with E-state index in [0.717, 1.165) is 32.1 Å². The molecule has 6 nitrogen and oxygen atoms in total. The van der Waals surface area contributed by atoms with E-state index in [-0.39, 0.29) is 6.54 Å². The third-order valence-corrected chi connectivity index (χ3v) is 6.49. The molecule has 2 fully saturated rings. The second kappa shape index (κ2) is 6.62. The summed E-state index contributed by atoms with van der Waals surface area (Å²) in [6, 6.07) is 0. The predicted molar refractivity (Wildman–Crippen MR) is 80.0 cm³/mol. The van der Waals surface area contributed by atoms with Crippen LogP contribution in [0.15, 0.2) is 0 Å². The number of carboxylic acids is 1. The van der Waals surface area contributed by atoms with Crippen molar-refractivity contribution in [3.8, 4) is 0 Å². The first-order valence-electron chi connectivity index (χ1n) is 7.84. The van der Waals surface area contributed by atoms with Gasteiger partial charge in [-0.2, -0.15) is 12.7 Å². The molecule has 0 radical (unpaired) electrons. The molecule has 1 aliphatic carbocycles. The highest BCUT2D eigenvalue weighted by atomic mass is 32.2. The maximum absolute atomic E-state index is 12.3. The first-order chi connectivity index (χ1) is 9.86. The molecule has 2 N–H and O–H groups in total. The summed E-state index contributed by atoms with van der Waals surface area (Å²) in [5.74, 6) is -0.322. The van der Waals surface area contributed by atoms with Gasteiger partial charge in [0, 0.05) is 19.6 Å². The van der Waals surface area contributed by atoms with Crippen LogP contribution in [0.1, 0.15) is 51.9 Å². The minimum absolute atomic E-state index is 0.0106. The van der Waals surface area contributed by atoms with Gasteiger partial charge in [0.2, 0.25) is 0 Å². The van der Waals surface area contributed by atoms with E-state index in [9.17, 15) is 18.3 Å². The van der Waals surface area contributed by atoms with Crippen LogP contribution in [0.25, 0.3) is 0 Å². The zero-order valence-corrected chi connectivity index (χ0v) is 13.5. The van der Waals surface area contributed by atoms with Crippen LogP contribution >= 0.6 is 0 Å². The number of piperidine rings is 1. The van der Waals surface area contributed by atoms with Crippen molar-refractivity contribution in [2.24, 2.45) is 11.3 Å². The summed E-state index contributed by atoms with van der Waals surface area (Å²) in [5.41, 5.74) is -0.922. The molecule has 0 bridgehead atoms. The Morgan fingerprint density at radius 1 is 1.24 bits per heavy atom. The maximum Gasteiger partial charge on any atom is 0.310 e. The fraction of sp³-hybridized carbons (Fsp3) is 0.929. The van der Waals surface area contributed by atoms with Crippen molar-refractivity contribution in [1.82, 2.24) is 9.03 Å². The lowest BCUT2D eigenvalue weighted by atomic mass is 9.74. The molecule has 0 aromatic rings. The van der Waals surface area contributed by atoms with Crippen molar-refractivity contribution in [3.05, 3.63) is 0 Å². The van der Waals surface area contributed by atoms with E-state index in [2.05, 4.69) is 11.6 Å². The van der Waals surface area contributed by atoms with Crippen LogP contribution in [0.3, 0.4) is 0 Å². The topological polar surface area (TPSA) is 86.7 Å². The zero-order chi connectivity index (χ0) is 15.5. The molecular weight excluding hydrogens is 292 g/mol. The van der Waals surface area contributed by atoms with Gasteiger partial charge < -0.3 is 5.11 Å². The van der Waals surface area contributed by atoms with Crippen molar-refractivity contribution in [2.45, 2.75) is 51.9 Å². The van der Waals surface area contributed by atoms with Crippen LogP contribution in [0.5, 0.6) is 0 Å². The van der Waals surface area contributed by atoms with Crippen LogP contribution in [0.2, 0.25) is 0 Å². The number of nitrogens with zero attached hydrogens (tertiary/aromatic N) is 1. The van der Waals surface area contributed by atoms with Gasteiger partial charge >= 0.3 is 5.97 Å². The summed E-state index contributed by atoms with van der Waals surface area (Å²) in [7, 11) is -3.56. The quantitative estimate of drug-likeness (QED) is 0.806. The van der Waals surface area contributed by atoms with E-state index in [1.165, 1.54) is 4.31 Å². The van der Waals surface area contributed by atoms with Crippen molar-refractivity contribution in [2.75, 3.05) is 19.6 Å². The number of nitrogens with one attached hydrogen (secondary N) is 1. The number of hydrogen-bond acceptors (Lipinski definition) is 3. The average molecular weight is 318 g/mol. The van der Waals surface area contributed by atoms with E-state index in [0.29, 0.717) is 31.8 Å². The molecule has 1 saturated heterocycles. The summed E-state index contributed by atoms with van der Waals surface area (Å²) in [4.78, 5) is 11.6. The van der Waals surface area contributed by atoms with Crippen LogP contribution in [-0.2, 0) is 15.0 Å². The van der Waals surface area contributed by atoms with Crippen LogP contribution in [-0.4, -0.2) is 43.4 Å². The van der Waals surface area contributed by atoms with Gasteiger partial charge in [0.05, 0.1) is 5.41 Å². The molecule has 1 saturated carbocycles. The Kier molecular flexibility index (Phi) is 5.27. The van der Waals surface area contributed by atoms with E-state index >= 15 is 0 Å². The van der Waals surface area contributed by atoms with Gasteiger partial charge in [0.25, 0.3) is 10.2 Å². The molecule has 7 heteroatoms. The highest BCUT2D eigenvalue weighted by Crippen LogP contribution is 2.36. The highest BCUT2D eigenvalue weighted by Gasteiger charge is 2.41. The molecule has 21 heavy (non-hydrogen) atoms. The Hall–Kier alpha value is -0.660. The number of carbonyl (C=O) groups is 1. The lowest BCUT2D eigenvalue weighted by molar-refractivity contribution is -0.150. The third kappa shape index (κ3) is 3.96. The Morgan fingerprint density at radius 3 is 2.33 bits per heavy atom. The minimum Gasteiger partial charge on any atom is -0.481 e. The molecule has 0 unspecified atom stereocenters. The van der Waals surface area contributed by atoms with Crippen LogP contribution in [0, 0.1) is 11.3 Å². The maximum atomic E-state index is 12.3. The lowest BCUT2D eigenvalue weighted by Crippen LogP contribution is -2.50. The number of aliphatic carboxylic acids is 1. The first kappa shape index (κ1) is 16.7. The smallest absolute Gasteiger partial charge is 0.310 e. The second-order valence-electron chi connectivity index (χ2n) is 6.55. The standard InChI is InChI=1S/C14H26N2O4S/c1-12-5-9-16(10-6-12)21(19,20)15-11-14(13(17)18)7-3-2-4-8-14/h12,15H,2-11H2,1H3,(H,17,18). The van der Waals surface area contributed by atoms with Crippen molar-refractivity contribution < 1.29 is 18.3 Å². The molecule has 122 valence electrons. The van der Waals surface area contributed by atoms with Crippen molar-refractivity contribution in [1.29, 1.82) is 0 Å². The summed E-state index contributed by atoms with van der Waals surface area (Å²) >= 11 is 0. The summed E-state index contributed by atoms with van der Waals surface area (Å²) in [6.07, 6.45) is 5.59. The monoisotopic (exact) mass is 318 g/mol. The van der Waals surface area contributed by atoms with E-state index < -0.39 is 21.6 Å². The number of hydrogen-bond donors (Lipinski definition) is 2. The van der Waals surface area contributed by atoms with E-state index in [1.807, 2.05) is 0 Å². The Labute approximate surface area is 127 Å². The highest BCUT2D eigenvalue weighted by molar-refractivity contribution is 7.87. The molecular formula is C14H26N2O4S. The van der Waals surface area contributed by atoms with E-state index in [4.69, 9.17) is 0 Å². The molecule has 0 aromatic carbocycles. The summed E-state index contributed by atoms with van der Waals surface area (Å²) < 4.78 is 28.6. The molecule has 1 aliphatic heterocycles. The summed E-state index contributed by atoms with van der Waals surface area (Å²) in [6.45, 7) is 3.18. The van der Waals surface area contributed by atoms with Gasteiger partial charge in [-0.15, -0.1) is 0 Å². The molecule has 2 aliphatic rings. The van der Waals surface area contributed by atoms with Gasteiger partial charge in [-0.25, -0.2) is 4.72 Å². The van der Waals surface area contributed by atoms with E-state index in [1.54, 1.807) is 0 Å². The summed E-state index contributed by atoms with van der Waals surface area (Å²) in [5, 5.41) is 9.48. The van der Waals surface area contributed by atoms with Crippen LogP contribution < -0.4 is 4.72 Å². The van der Waals surface area contributed by atoms with Crippen molar-refractivity contribution >= 4 is 16.2 Å². The SMILES string of the molecule is CC1CCN(S(=O)(=O)NCC2(C(=O)O)CCCCC2)CC1.